The van der Waals surface area contributed by atoms with Crippen molar-refractivity contribution in [3.05, 3.63) is 47.5 Å². The highest BCUT2D eigenvalue weighted by Gasteiger charge is 2.05. The minimum atomic E-state index is -0.275. The van der Waals surface area contributed by atoms with Crippen molar-refractivity contribution >= 4 is 29.3 Å². The van der Waals surface area contributed by atoms with E-state index in [1.807, 2.05) is 6.92 Å². The van der Waals surface area contributed by atoms with Gasteiger partial charge in [0, 0.05) is 0 Å². The molecule has 2 nitrogen and oxygen atoms in total. The van der Waals surface area contributed by atoms with Crippen LogP contribution in [-0.2, 0) is 4.79 Å². The highest BCUT2D eigenvalue weighted by molar-refractivity contribution is 6.34. The maximum atomic E-state index is 11.1. The number of carbonyl (C=O) groups excluding carboxylic acids is 1. The summed E-state index contributed by atoms with van der Waals surface area (Å²) < 4.78 is 0. The second-order valence-electron chi connectivity index (χ2n) is 3.09. The average molecular weight is 222 g/mol. The molecule has 0 radical (unpaired) electrons. The molecular weight excluding hydrogens is 210 g/mol. The zero-order valence-electron chi connectivity index (χ0n) is 8.51. The molecule has 0 atom stereocenters. The van der Waals surface area contributed by atoms with E-state index in [1.54, 1.807) is 18.2 Å². The molecule has 15 heavy (non-hydrogen) atoms. The summed E-state index contributed by atoms with van der Waals surface area (Å²) in [5.74, 6) is -0.275. The molecule has 0 aliphatic carbocycles. The third kappa shape index (κ3) is 2.70. The van der Waals surface area contributed by atoms with Gasteiger partial charge in [0.2, 0.25) is 5.91 Å². The summed E-state index contributed by atoms with van der Waals surface area (Å²) in [5.41, 5.74) is 2.55. The Morgan fingerprint density at radius 1 is 1.47 bits per heavy atom. The highest BCUT2D eigenvalue weighted by Crippen LogP contribution is 2.26. The summed E-state index contributed by atoms with van der Waals surface area (Å²) in [7, 11) is 0. The van der Waals surface area contributed by atoms with Crippen molar-refractivity contribution in [3.63, 3.8) is 0 Å². The van der Waals surface area contributed by atoms with Gasteiger partial charge in [0.15, 0.2) is 0 Å². The van der Waals surface area contributed by atoms with E-state index in [0.717, 1.165) is 11.1 Å². The van der Waals surface area contributed by atoms with Gasteiger partial charge in [-0.25, -0.2) is 0 Å². The molecule has 1 rings (SSSR count). The van der Waals surface area contributed by atoms with E-state index < -0.39 is 0 Å². The fraction of sp³-hybridized carbons (Fsp3) is 0.0833. The summed E-state index contributed by atoms with van der Waals surface area (Å²) >= 11 is 5.98. The van der Waals surface area contributed by atoms with Crippen molar-refractivity contribution in [2.45, 2.75) is 6.92 Å². The van der Waals surface area contributed by atoms with E-state index in [4.69, 9.17) is 11.6 Å². The monoisotopic (exact) mass is 221 g/mol. The van der Waals surface area contributed by atoms with Crippen LogP contribution >= 0.6 is 11.6 Å². The van der Waals surface area contributed by atoms with Gasteiger partial charge in [0.1, 0.15) is 0 Å². The third-order valence-electron chi connectivity index (χ3n) is 2.02. The molecule has 0 aliphatic heterocycles. The average Bonchev–Trinajstić information content (AvgIpc) is 2.22. The van der Waals surface area contributed by atoms with E-state index in [-0.39, 0.29) is 5.91 Å². The Kier molecular flexibility index (Phi) is 3.69. The minimum Gasteiger partial charge on any atom is -0.321 e. The number of halogens is 1. The van der Waals surface area contributed by atoms with Gasteiger partial charge in [-0.3, -0.25) is 4.79 Å². The molecule has 0 bridgehead atoms. The van der Waals surface area contributed by atoms with Crippen molar-refractivity contribution in [2.75, 3.05) is 5.32 Å². The predicted octanol–water partition coefficient (Wildman–Crippen LogP) is 3.42. The summed E-state index contributed by atoms with van der Waals surface area (Å²) in [6, 6.07) is 3.57. The molecule has 1 N–H and O–H groups in total. The molecule has 1 aromatic rings. The van der Waals surface area contributed by atoms with Crippen molar-refractivity contribution in [1.29, 1.82) is 0 Å². The van der Waals surface area contributed by atoms with E-state index in [1.165, 1.54) is 6.08 Å². The normalized spacial score (nSPS) is 9.47. The quantitative estimate of drug-likeness (QED) is 0.779. The van der Waals surface area contributed by atoms with Gasteiger partial charge in [0.05, 0.1) is 10.7 Å². The lowest BCUT2D eigenvalue weighted by atomic mass is 10.1. The molecule has 0 saturated carbocycles. The SMILES string of the molecule is C=CC(=O)Nc1cc(C)c(C=C)cc1Cl. The molecule has 1 aromatic carbocycles. The van der Waals surface area contributed by atoms with Crippen LogP contribution in [0, 0.1) is 6.92 Å². The smallest absolute Gasteiger partial charge is 0.247 e. The Bertz CT molecular complexity index is 424. The van der Waals surface area contributed by atoms with Crippen LogP contribution < -0.4 is 5.32 Å². The Balaban J connectivity index is 3.10. The zero-order valence-corrected chi connectivity index (χ0v) is 9.27. The van der Waals surface area contributed by atoms with Crippen LogP contribution in [0.3, 0.4) is 0 Å². The van der Waals surface area contributed by atoms with Crippen LogP contribution in [0.2, 0.25) is 5.02 Å². The number of carbonyl (C=O) groups is 1. The first-order valence-electron chi connectivity index (χ1n) is 4.44. The van der Waals surface area contributed by atoms with Gasteiger partial charge >= 0.3 is 0 Å². The summed E-state index contributed by atoms with van der Waals surface area (Å²) in [6.07, 6.45) is 2.92. The van der Waals surface area contributed by atoms with Gasteiger partial charge in [-0.05, 0) is 36.3 Å². The molecule has 78 valence electrons. The molecule has 0 spiro atoms. The number of hydrogen-bond donors (Lipinski definition) is 1. The topological polar surface area (TPSA) is 29.1 Å². The Morgan fingerprint density at radius 2 is 2.13 bits per heavy atom. The van der Waals surface area contributed by atoms with Crippen LogP contribution in [0.1, 0.15) is 11.1 Å². The number of hydrogen-bond acceptors (Lipinski definition) is 1. The fourth-order valence-corrected chi connectivity index (χ4v) is 1.42. The summed E-state index contributed by atoms with van der Waals surface area (Å²) in [6.45, 7) is 8.98. The standard InChI is InChI=1S/C12H12ClNO/c1-4-9-7-10(13)11(6-8(9)3)14-12(15)5-2/h4-7H,1-2H2,3H3,(H,14,15). The molecule has 1 amide bonds. The lowest BCUT2D eigenvalue weighted by molar-refractivity contribution is -0.111. The zero-order chi connectivity index (χ0) is 11.4. The second-order valence-corrected chi connectivity index (χ2v) is 3.49. The Morgan fingerprint density at radius 3 is 2.67 bits per heavy atom. The van der Waals surface area contributed by atoms with Crippen molar-refractivity contribution in [1.82, 2.24) is 0 Å². The maximum Gasteiger partial charge on any atom is 0.247 e. The van der Waals surface area contributed by atoms with Crippen molar-refractivity contribution < 1.29 is 4.79 Å². The first-order chi connectivity index (χ1) is 7.08. The molecule has 0 unspecified atom stereocenters. The first-order valence-corrected chi connectivity index (χ1v) is 4.82. The van der Waals surface area contributed by atoms with Gasteiger partial charge in [0.25, 0.3) is 0 Å². The number of benzene rings is 1. The van der Waals surface area contributed by atoms with E-state index >= 15 is 0 Å². The van der Waals surface area contributed by atoms with Crippen LogP contribution in [0.25, 0.3) is 6.08 Å². The number of rotatable bonds is 3. The van der Waals surface area contributed by atoms with Crippen molar-refractivity contribution in [3.8, 4) is 0 Å². The number of amides is 1. The lowest BCUT2D eigenvalue weighted by Gasteiger charge is -2.08. The first kappa shape index (κ1) is 11.5. The largest absolute Gasteiger partial charge is 0.321 e. The fourth-order valence-electron chi connectivity index (χ4n) is 1.20. The summed E-state index contributed by atoms with van der Waals surface area (Å²) in [4.78, 5) is 11.1. The third-order valence-corrected chi connectivity index (χ3v) is 2.33. The van der Waals surface area contributed by atoms with Crippen LogP contribution in [-0.4, -0.2) is 5.91 Å². The van der Waals surface area contributed by atoms with Crippen LogP contribution in [0.4, 0.5) is 5.69 Å². The molecule has 0 aliphatic rings. The molecule has 3 heteroatoms. The van der Waals surface area contributed by atoms with Crippen molar-refractivity contribution in [2.24, 2.45) is 0 Å². The predicted molar refractivity (Wildman–Crippen MR) is 65.1 cm³/mol. The van der Waals surface area contributed by atoms with Crippen LogP contribution in [0.5, 0.6) is 0 Å². The van der Waals surface area contributed by atoms with E-state index in [2.05, 4.69) is 18.5 Å². The molecule has 0 aromatic heterocycles. The number of anilines is 1. The second kappa shape index (κ2) is 4.80. The van der Waals surface area contributed by atoms with Gasteiger partial charge in [-0.2, -0.15) is 0 Å². The van der Waals surface area contributed by atoms with E-state index in [9.17, 15) is 4.79 Å². The molecule has 0 saturated heterocycles. The molecular formula is C12H12ClNO. The lowest BCUT2D eigenvalue weighted by Crippen LogP contribution is -2.08. The Hall–Kier alpha value is -1.54. The van der Waals surface area contributed by atoms with E-state index in [0.29, 0.717) is 10.7 Å². The minimum absolute atomic E-state index is 0.275. The van der Waals surface area contributed by atoms with Gasteiger partial charge < -0.3 is 5.32 Å². The van der Waals surface area contributed by atoms with Gasteiger partial charge in [-0.15, -0.1) is 0 Å². The number of aryl methyl sites for hydroxylation is 1. The highest BCUT2D eigenvalue weighted by atomic mass is 35.5. The maximum absolute atomic E-state index is 11.1. The number of nitrogens with one attached hydrogen (secondary N) is 1. The molecule has 0 heterocycles. The summed E-state index contributed by atoms with van der Waals surface area (Å²) in [5, 5.41) is 3.12. The van der Waals surface area contributed by atoms with Crippen LogP contribution in [0.15, 0.2) is 31.4 Å². The Labute approximate surface area is 94.3 Å². The molecule has 0 fully saturated rings. The van der Waals surface area contributed by atoms with Gasteiger partial charge in [-0.1, -0.05) is 30.8 Å².